The van der Waals surface area contributed by atoms with Crippen LogP contribution in [0.4, 0.5) is 4.79 Å². The van der Waals surface area contributed by atoms with Gasteiger partial charge in [-0.05, 0) is 68.6 Å². The molecule has 3 aliphatic rings. The molecule has 1 aromatic carbocycles. The lowest BCUT2D eigenvalue weighted by Gasteiger charge is -2.28. The van der Waals surface area contributed by atoms with Gasteiger partial charge >= 0.3 is 12.1 Å². The number of methoxy groups -OCH3 is 1. The third-order valence-corrected chi connectivity index (χ3v) is 8.86. The van der Waals surface area contributed by atoms with Gasteiger partial charge in [-0.2, -0.15) is 0 Å². The number of amides is 3. The average Bonchev–Trinajstić information content (AvgIpc) is 3.55. The largest absolute Gasteiger partial charge is 0.467 e. The molecular formula is C30H42ClN3O6. The Morgan fingerprint density at radius 2 is 1.80 bits per heavy atom. The fraction of sp³-hybridized carbons (Fsp3) is 0.667. The number of hydrogen-bond acceptors (Lipinski definition) is 6. The van der Waals surface area contributed by atoms with E-state index in [-0.39, 0.29) is 30.3 Å². The molecule has 3 N–H and O–H groups in total. The van der Waals surface area contributed by atoms with Crippen molar-refractivity contribution in [3.63, 3.8) is 0 Å². The maximum absolute atomic E-state index is 13.5. The first kappa shape index (κ1) is 30.2. The van der Waals surface area contributed by atoms with E-state index in [9.17, 15) is 19.2 Å². The molecule has 1 aliphatic heterocycles. The van der Waals surface area contributed by atoms with Gasteiger partial charge in [-0.15, -0.1) is 0 Å². The molecule has 10 heteroatoms. The number of carbonyl (C=O) groups excluding carboxylic acids is 4. The molecule has 1 heterocycles. The lowest BCUT2D eigenvalue weighted by molar-refractivity contribution is -0.146. The van der Waals surface area contributed by atoms with Crippen molar-refractivity contribution in [3.8, 4) is 0 Å². The molecule has 2 saturated carbocycles. The normalized spacial score (nSPS) is 24.6. The first-order chi connectivity index (χ1) is 19.3. The Balaban J connectivity index is 1.40. The van der Waals surface area contributed by atoms with E-state index < -0.39 is 30.1 Å². The Morgan fingerprint density at radius 1 is 1.00 bits per heavy atom. The highest BCUT2D eigenvalue weighted by molar-refractivity contribution is 6.30. The number of nitrogens with one attached hydrogen (secondary N) is 3. The van der Waals surface area contributed by atoms with Crippen LogP contribution >= 0.6 is 11.6 Å². The fourth-order valence-electron chi connectivity index (χ4n) is 6.44. The zero-order chi connectivity index (χ0) is 28.5. The van der Waals surface area contributed by atoms with Gasteiger partial charge in [0.05, 0.1) is 7.11 Å². The topological polar surface area (TPSA) is 123 Å². The van der Waals surface area contributed by atoms with Gasteiger partial charge < -0.3 is 25.4 Å². The second kappa shape index (κ2) is 14.7. The Kier molecular flexibility index (Phi) is 11.1. The van der Waals surface area contributed by atoms with Crippen molar-refractivity contribution in [1.82, 2.24) is 16.0 Å². The smallest absolute Gasteiger partial charge is 0.408 e. The Bertz CT molecular complexity index is 1050. The van der Waals surface area contributed by atoms with Crippen LogP contribution in [0.3, 0.4) is 0 Å². The maximum Gasteiger partial charge on any atom is 0.408 e. The van der Waals surface area contributed by atoms with Crippen LogP contribution < -0.4 is 16.0 Å². The van der Waals surface area contributed by atoms with Crippen molar-refractivity contribution in [1.29, 1.82) is 0 Å². The highest BCUT2D eigenvalue weighted by Gasteiger charge is 2.36. The van der Waals surface area contributed by atoms with Gasteiger partial charge in [-0.1, -0.05) is 55.8 Å². The molecule has 0 aromatic heterocycles. The van der Waals surface area contributed by atoms with Crippen molar-refractivity contribution >= 4 is 35.5 Å². The van der Waals surface area contributed by atoms with Gasteiger partial charge in [0.25, 0.3) is 0 Å². The third kappa shape index (κ3) is 8.59. The SMILES string of the molecule is COC(=O)[C@H](C[C@@H]1CCNC1=O)NC(=O)[C@H](CC1CCCCC1)NC(=O)OC1CCCC1Cc1cccc(Cl)c1. The molecule has 0 radical (unpaired) electrons. The zero-order valence-corrected chi connectivity index (χ0v) is 24.0. The number of hydrogen-bond donors (Lipinski definition) is 3. The van der Waals surface area contributed by atoms with Gasteiger partial charge in [0.1, 0.15) is 18.2 Å². The standard InChI is InChI=1S/C30H42ClN3O6/c1-39-29(37)25(18-22-13-14-32-27(22)35)33-28(36)24(17-19-7-3-2-4-8-19)34-30(38)40-26-12-6-10-21(26)15-20-9-5-11-23(31)16-20/h5,9,11,16,19,21-22,24-26H,2-4,6-8,10,12-15,17-18H2,1H3,(H,32,35)(H,33,36)(H,34,38)/t21?,22-,24-,25-,26?/m0/s1. The zero-order valence-electron chi connectivity index (χ0n) is 23.3. The molecule has 5 atom stereocenters. The summed E-state index contributed by atoms with van der Waals surface area (Å²) >= 11 is 6.16. The summed E-state index contributed by atoms with van der Waals surface area (Å²) in [6.07, 6.45) is 9.14. The van der Waals surface area contributed by atoms with Crippen LogP contribution in [0.2, 0.25) is 5.02 Å². The minimum absolute atomic E-state index is 0.132. The summed E-state index contributed by atoms with van der Waals surface area (Å²) in [5.41, 5.74) is 1.10. The summed E-state index contributed by atoms with van der Waals surface area (Å²) in [6, 6.07) is 5.90. The van der Waals surface area contributed by atoms with Gasteiger partial charge in [-0.25, -0.2) is 9.59 Å². The quantitative estimate of drug-likeness (QED) is 0.338. The predicted octanol–water partition coefficient (Wildman–Crippen LogP) is 4.30. The summed E-state index contributed by atoms with van der Waals surface area (Å²) < 4.78 is 10.8. The van der Waals surface area contributed by atoms with Gasteiger partial charge in [0.2, 0.25) is 11.8 Å². The molecule has 2 aliphatic carbocycles. The first-order valence-corrected chi connectivity index (χ1v) is 15.1. The average molecular weight is 576 g/mol. The van der Waals surface area contributed by atoms with E-state index in [4.69, 9.17) is 21.1 Å². The van der Waals surface area contributed by atoms with Crippen molar-refractivity contribution in [2.24, 2.45) is 17.8 Å². The highest BCUT2D eigenvalue weighted by Crippen LogP contribution is 2.32. The van der Waals surface area contributed by atoms with Crippen molar-refractivity contribution < 1.29 is 28.7 Å². The number of esters is 1. The summed E-state index contributed by atoms with van der Waals surface area (Å²) in [4.78, 5) is 51.3. The second-order valence-corrected chi connectivity index (χ2v) is 11.9. The van der Waals surface area contributed by atoms with Crippen LogP contribution in [0.25, 0.3) is 0 Å². The Hall–Kier alpha value is -2.81. The summed E-state index contributed by atoms with van der Waals surface area (Å²) in [7, 11) is 1.26. The van der Waals surface area contributed by atoms with E-state index in [0.29, 0.717) is 30.3 Å². The van der Waals surface area contributed by atoms with E-state index in [1.807, 2.05) is 24.3 Å². The van der Waals surface area contributed by atoms with Crippen LogP contribution in [0.5, 0.6) is 0 Å². The van der Waals surface area contributed by atoms with Crippen LogP contribution in [0, 0.1) is 17.8 Å². The molecule has 40 heavy (non-hydrogen) atoms. The summed E-state index contributed by atoms with van der Waals surface area (Å²) in [6.45, 7) is 0.544. The predicted molar refractivity (Wildman–Crippen MR) is 151 cm³/mol. The summed E-state index contributed by atoms with van der Waals surface area (Å²) in [5, 5.41) is 9.04. The van der Waals surface area contributed by atoms with Gasteiger partial charge in [-0.3, -0.25) is 9.59 Å². The number of alkyl carbamates (subject to hydrolysis) is 1. The molecule has 3 fully saturated rings. The molecule has 3 amide bonds. The van der Waals surface area contributed by atoms with Gasteiger partial charge in [0, 0.05) is 23.4 Å². The number of carbonyl (C=O) groups is 4. The molecule has 0 bridgehead atoms. The van der Waals surface area contributed by atoms with Crippen molar-refractivity contribution in [2.45, 2.75) is 95.2 Å². The van der Waals surface area contributed by atoms with Crippen molar-refractivity contribution in [3.05, 3.63) is 34.9 Å². The lowest BCUT2D eigenvalue weighted by Crippen LogP contribution is -2.53. The lowest BCUT2D eigenvalue weighted by atomic mass is 9.84. The first-order valence-electron chi connectivity index (χ1n) is 14.7. The molecule has 4 rings (SSSR count). The molecule has 2 unspecified atom stereocenters. The molecular weight excluding hydrogens is 534 g/mol. The number of benzene rings is 1. The Labute approximate surface area is 241 Å². The van der Waals surface area contributed by atoms with E-state index in [1.165, 1.54) is 13.5 Å². The minimum atomic E-state index is -0.977. The second-order valence-electron chi connectivity index (χ2n) is 11.5. The third-order valence-electron chi connectivity index (χ3n) is 8.62. The molecule has 9 nitrogen and oxygen atoms in total. The number of ether oxygens (including phenoxy) is 2. The molecule has 1 aromatic rings. The van der Waals surface area contributed by atoms with Crippen LogP contribution in [0.15, 0.2) is 24.3 Å². The minimum Gasteiger partial charge on any atom is -0.467 e. The van der Waals surface area contributed by atoms with E-state index in [2.05, 4.69) is 16.0 Å². The van der Waals surface area contributed by atoms with Gasteiger partial charge in [0.15, 0.2) is 0 Å². The molecule has 220 valence electrons. The number of halogens is 1. The highest BCUT2D eigenvalue weighted by atomic mass is 35.5. The van der Waals surface area contributed by atoms with E-state index >= 15 is 0 Å². The molecule has 0 spiro atoms. The monoisotopic (exact) mass is 575 g/mol. The van der Waals surface area contributed by atoms with Crippen LogP contribution in [0.1, 0.15) is 76.2 Å². The fourth-order valence-corrected chi connectivity index (χ4v) is 6.66. The van der Waals surface area contributed by atoms with Crippen LogP contribution in [-0.2, 0) is 30.3 Å². The molecule has 1 saturated heterocycles. The van der Waals surface area contributed by atoms with Crippen LogP contribution in [-0.4, -0.2) is 55.7 Å². The Morgan fingerprint density at radius 3 is 2.50 bits per heavy atom. The van der Waals surface area contributed by atoms with E-state index in [1.54, 1.807) is 0 Å². The summed E-state index contributed by atoms with van der Waals surface area (Å²) in [5.74, 6) is -1.11. The maximum atomic E-state index is 13.5. The number of rotatable bonds is 11. The van der Waals surface area contributed by atoms with Crippen molar-refractivity contribution in [2.75, 3.05) is 13.7 Å². The van der Waals surface area contributed by atoms with E-state index in [0.717, 1.165) is 56.9 Å².